The number of hydrogen-bond acceptors (Lipinski definition) is 30. The van der Waals surface area contributed by atoms with Gasteiger partial charge in [0.15, 0.2) is 0 Å². The third-order valence-electron chi connectivity index (χ3n) is 13.3. The molecule has 2 rings (SSSR count). The fraction of sp³-hybridized carbons (Fsp3) is 0.812. The minimum absolute atomic E-state index is 0.0470. The molecule has 29 nitrogen and oxygen atoms in total. The van der Waals surface area contributed by atoms with Crippen molar-refractivity contribution in [2.45, 2.75) is 144 Å². The maximum atomic E-state index is 12.4. The highest BCUT2D eigenvalue weighted by Crippen LogP contribution is 2.32. The van der Waals surface area contributed by atoms with Crippen molar-refractivity contribution in [3.8, 4) is 0 Å². The summed E-state index contributed by atoms with van der Waals surface area (Å²) in [6, 6.07) is 0. The topological polar surface area (TPSA) is 411 Å². The molecule has 6 N–H and O–H groups in total. The number of methoxy groups -OCH3 is 4. The van der Waals surface area contributed by atoms with Gasteiger partial charge in [-0.25, -0.2) is 9.59 Å². The Morgan fingerprint density at radius 3 is 1.17 bits per heavy atom. The van der Waals surface area contributed by atoms with E-state index < -0.39 is 93.8 Å². The number of ether oxygens (including phenoxy) is 14. The Bertz CT molecular complexity index is 2190. The summed E-state index contributed by atoms with van der Waals surface area (Å²) in [7, 11) is 4.56. The van der Waals surface area contributed by atoms with E-state index in [0.717, 1.165) is 6.08 Å². The number of aliphatic hydroxyl groups excluding tert-OH is 6. The van der Waals surface area contributed by atoms with Gasteiger partial charge in [-0.3, -0.25) is 33.0 Å². The molecule has 2 aliphatic rings. The van der Waals surface area contributed by atoms with E-state index in [1.54, 1.807) is 62.7 Å². The molecule has 10 atom stereocenters. The van der Waals surface area contributed by atoms with Crippen LogP contribution in [-0.2, 0) is 115 Å². The molecule has 0 aliphatic carbocycles. The second kappa shape index (κ2) is 55.2. The first-order valence-corrected chi connectivity index (χ1v) is 34.0. The fourth-order valence-corrected chi connectivity index (χ4v) is 9.43. The van der Waals surface area contributed by atoms with Gasteiger partial charge in [0.05, 0.1) is 123 Å². The third kappa shape index (κ3) is 50.3. The molecule has 31 heteroatoms. The summed E-state index contributed by atoms with van der Waals surface area (Å²) < 4.78 is 80.9. The number of carbonyl (C=O) groups excluding carboxylic acids is 8. The van der Waals surface area contributed by atoms with Gasteiger partial charge in [-0.1, -0.05) is 33.9 Å². The molecule has 0 bridgehead atoms. The van der Waals surface area contributed by atoms with Crippen molar-refractivity contribution in [2.24, 2.45) is 34.0 Å². The zero-order valence-electron chi connectivity index (χ0n) is 58.5. The third-order valence-corrected chi connectivity index (χ3v) is 16.0. The maximum absolute atomic E-state index is 12.4. The van der Waals surface area contributed by atoms with Crippen LogP contribution >= 0.6 is 11.8 Å². The van der Waals surface area contributed by atoms with Crippen molar-refractivity contribution < 1.29 is 140 Å². The minimum atomic E-state index is -1.56. The molecular formula is C64H114O29S2. The van der Waals surface area contributed by atoms with Crippen molar-refractivity contribution in [2.75, 3.05) is 157 Å². The highest BCUT2D eigenvalue weighted by molar-refractivity contribution is 7.99. The smallest absolute Gasteiger partial charge is 0.333 e. The molecule has 0 spiro atoms. The van der Waals surface area contributed by atoms with E-state index in [9.17, 15) is 63.0 Å². The number of aliphatic hydroxyl groups is 6. The van der Waals surface area contributed by atoms with Crippen LogP contribution in [0.1, 0.15) is 108 Å². The van der Waals surface area contributed by atoms with Crippen LogP contribution in [0, 0.1) is 34.0 Å². The fourth-order valence-electron chi connectivity index (χ4n) is 7.35. The molecule has 2 aliphatic heterocycles. The highest BCUT2D eigenvalue weighted by Gasteiger charge is 2.39. The normalized spacial score (nSPS) is 16.3. The van der Waals surface area contributed by atoms with Crippen molar-refractivity contribution >= 4 is 70.3 Å². The van der Waals surface area contributed by atoms with Gasteiger partial charge in [-0.2, -0.15) is 11.8 Å². The van der Waals surface area contributed by atoms with Crippen LogP contribution in [-0.4, -0.2) is 276 Å². The summed E-state index contributed by atoms with van der Waals surface area (Å²) in [6.45, 7) is 27.0. The largest absolute Gasteiger partial charge is 0.463 e. The summed E-state index contributed by atoms with van der Waals surface area (Å²) in [6.07, 6.45) is -0.123. The predicted molar refractivity (Wildman–Crippen MR) is 350 cm³/mol. The maximum Gasteiger partial charge on any atom is 0.333 e. The van der Waals surface area contributed by atoms with Gasteiger partial charge in [0.25, 0.3) is 0 Å². The summed E-state index contributed by atoms with van der Waals surface area (Å²) in [5.41, 5.74) is -2.18. The van der Waals surface area contributed by atoms with Crippen LogP contribution in [0.3, 0.4) is 0 Å². The van der Waals surface area contributed by atoms with Crippen LogP contribution in [0.5, 0.6) is 0 Å². The summed E-state index contributed by atoms with van der Waals surface area (Å²) >= 11 is 1.26. The van der Waals surface area contributed by atoms with Gasteiger partial charge in [0.2, 0.25) is 0 Å². The summed E-state index contributed by atoms with van der Waals surface area (Å²) in [5, 5.41) is 55.6. The first-order chi connectivity index (χ1) is 44.6. The van der Waals surface area contributed by atoms with Gasteiger partial charge in [0.1, 0.15) is 65.1 Å². The number of epoxide rings is 2. The Hall–Kier alpha value is -4.74. The van der Waals surface area contributed by atoms with Crippen molar-refractivity contribution in [1.29, 1.82) is 0 Å². The zero-order chi connectivity index (χ0) is 73.2. The first-order valence-electron chi connectivity index (χ1n) is 31.3. The molecule has 2 saturated heterocycles. The molecule has 0 saturated carbocycles. The Morgan fingerprint density at radius 2 is 0.842 bits per heavy atom. The summed E-state index contributed by atoms with van der Waals surface area (Å²) in [5.74, 6) is -4.21. The molecule has 556 valence electrons. The zero-order valence-corrected chi connectivity index (χ0v) is 60.1. The standard InChI is InChI=1S/C18H34O9S.C18H34O8S.C15H26O6.C7H10O3.C6H10O3/c1-5-13(16(22)26-7-6-25-4)8-18(2,3)17(23)27-10-15(21)12-28(24)11-14(20)9-19;1-5-13(16(22)25-7-6-24-4)8-18(2,3)17(23)26-10-15(21)12-27-11-14(20)9-19;1-5-11(13(16)19-7-6-18-4)8-15(2,3)14(17)21-10-12-9-20-12;1-5(2)7(8)10-4-6-3-9-6;1-3-6(7)9-5-4-8-2/h13-15,19-21H,5-12H2,1-4H3;13-15,19-21H,5-12H2,1-4H3;11-12H,5-10H2,1-4H3;6H,1,3-4H2,2H3;3H,1,4-5H2,2H3. The molecule has 0 amide bonds. The van der Waals surface area contributed by atoms with Crippen LogP contribution in [0.25, 0.3) is 0 Å². The minimum Gasteiger partial charge on any atom is -0.463 e. The Kier molecular flexibility index (Phi) is 54.9. The molecule has 0 aromatic rings. The predicted octanol–water partition coefficient (Wildman–Crippen LogP) is 2.66. The number of hydrogen-bond donors (Lipinski definition) is 6. The molecule has 0 aromatic carbocycles. The monoisotopic (exact) mass is 1410 g/mol. The Morgan fingerprint density at radius 1 is 0.516 bits per heavy atom. The van der Waals surface area contributed by atoms with E-state index >= 15 is 0 Å². The van der Waals surface area contributed by atoms with E-state index in [2.05, 4.69) is 22.6 Å². The second-order valence-corrected chi connectivity index (χ2v) is 26.4. The van der Waals surface area contributed by atoms with E-state index in [1.807, 2.05) is 20.8 Å². The van der Waals surface area contributed by atoms with Gasteiger partial charge in [0, 0.05) is 62.4 Å². The first kappa shape index (κ1) is 94.4. The van der Waals surface area contributed by atoms with E-state index in [1.165, 1.54) is 26.0 Å². The molecular weight excluding hydrogens is 1300 g/mol. The van der Waals surface area contributed by atoms with Crippen molar-refractivity contribution in [1.82, 2.24) is 0 Å². The van der Waals surface area contributed by atoms with E-state index in [-0.39, 0.29) is 124 Å². The number of esters is 8. The lowest BCUT2D eigenvalue weighted by atomic mass is 9.81. The van der Waals surface area contributed by atoms with E-state index in [4.69, 9.17) is 67.1 Å². The lowest BCUT2D eigenvalue weighted by Gasteiger charge is -2.27. The lowest BCUT2D eigenvalue weighted by molar-refractivity contribution is -0.161. The molecule has 10 unspecified atom stereocenters. The van der Waals surface area contributed by atoms with Crippen LogP contribution in [0.2, 0.25) is 0 Å². The molecule has 0 radical (unpaired) electrons. The van der Waals surface area contributed by atoms with Gasteiger partial charge >= 0.3 is 47.8 Å². The lowest BCUT2D eigenvalue weighted by Crippen LogP contribution is -2.35. The number of thioether (sulfide) groups is 1. The van der Waals surface area contributed by atoms with Crippen LogP contribution in [0.4, 0.5) is 0 Å². The van der Waals surface area contributed by atoms with Gasteiger partial charge < -0.3 is 97.0 Å². The average molecular weight is 1410 g/mol. The Labute approximate surface area is 568 Å². The number of carbonyl (C=O) groups is 8. The van der Waals surface area contributed by atoms with Gasteiger partial charge in [-0.15, -0.1) is 0 Å². The molecule has 2 heterocycles. The highest BCUT2D eigenvalue weighted by atomic mass is 32.2. The molecule has 95 heavy (non-hydrogen) atoms. The van der Waals surface area contributed by atoms with Crippen molar-refractivity contribution in [3.05, 3.63) is 24.8 Å². The molecule has 0 aromatic heterocycles. The van der Waals surface area contributed by atoms with Crippen LogP contribution in [0.15, 0.2) is 24.8 Å². The second-order valence-electron chi connectivity index (χ2n) is 23.8. The quantitative estimate of drug-likeness (QED) is 0.0168. The molecule has 2 fully saturated rings. The van der Waals surface area contributed by atoms with Crippen LogP contribution < -0.4 is 0 Å². The van der Waals surface area contributed by atoms with E-state index in [0.29, 0.717) is 84.1 Å². The Balaban J connectivity index is -0.00000118. The SMILES string of the molecule is C=C(C)C(=O)OCC1CO1.C=CC(=O)OCCOC.CCC(CC(C)(C)C(=O)OCC(O)CS(=O)CC(O)CO)C(=O)OCCOC.CCC(CC(C)(C)C(=O)OCC(O)CSCC(O)CO)C(=O)OCCOC.CCC(CC(C)(C)C(=O)OCC1CO1)C(=O)OCCOC. The van der Waals surface area contributed by atoms with Gasteiger partial charge in [-0.05, 0) is 87.0 Å². The summed E-state index contributed by atoms with van der Waals surface area (Å²) in [4.78, 5) is 94.0. The average Bonchev–Trinajstić information content (AvgIpc) is 1.91. The number of rotatable bonds is 47. The van der Waals surface area contributed by atoms with Crippen molar-refractivity contribution in [3.63, 3.8) is 0 Å².